The molecule has 0 atom stereocenters. The van der Waals surface area contributed by atoms with Crippen LogP contribution in [-0.4, -0.2) is 39.3 Å². The van der Waals surface area contributed by atoms with Gasteiger partial charge in [0.1, 0.15) is 29.6 Å². The van der Waals surface area contributed by atoms with Gasteiger partial charge in [0, 0.05) is 37.3 Å². The largest absolute Gasteiger partial charge is 0.478 e. The number of methoxy groups -OCH3 is 1. The summed E-state index contributed by atoms with van der Waals surface area (Å²) >= 11 is 0. The molecule has 212 valence electrons. The molecule has 0 amide bonds. The quantitative estimate of drug-likeness (QED) is 0.222. The molecule has 11 heteroatoms. The zero-order valence-corrected chi connectivity index (χ0v) is 22.3. The van der Waals surface area contributed by atoms with E-state index < -0.39 is 23.4 Å². The number of halogens is 3. The molecule has 0 saturated carbocycles. The molecule has 8 nitrogen and oxygen atoms in total. The highest BCUT2D eigenvalue weighted by atomic mass is 19.1. The maximum atomic E-state index is 15.3. The number of pyridine rings is 1. The monoisotopic (exact) mass is 572 g/mol. The summed E-state index contributed by atoms with van der Waals surface area (Å²) in [6.45, 7) is 0.426. The van der Waals surface area contributed by atoms with E-state index in [1.807, 2.05) is 6.07 Å². The normalized spacial score (nSPS) is 11.0. The number of carboxylic acid groups (broad SMARTS) is 1. The van der Waals surface area contributed by atoms with Gasteiger partial charge in [-0.25, -0.2) is 27.9 Å². The van der Waals surface area contributed by atoms with Crippen molar-refractivity contribution >= 4 is 17.0 Å². The maximum absolute atomic E-state index is 15.3. The van der Waals surface area contributed by atoms with Crippen LogP contribution in [0.3, 0.4) is 0 Å². The van der Waals surface area contributed by atoms with Crippen molar-refractivity contribution in [3.8, 4) is 23.2 Å². The van der Waals surface area contributed by atoms with Crippen LogP contribution in [0.2, 0.25) is 0 Å². The average Bonchev–Trinajstić information content (AvgIpc) is 3.32. The summed E-state index contributed by atoms with van der Waals surface area (Å²) in [5.74, 6) is -2.59. The second-order valence-electron chi connectivity index (χ2n) is 9.36. The summed E-state index contributed by atoms with van der Waals surface area (Å²) in [5, 5.41) is 18.2. The Morgan fingerprint density at radius 1 is 1.00 bits per heavy atom. The van der Waals surface area contributed by atoms with E-state index in [1.54, 1.807) is 34.9 Å². The molecule has 2 aromatic heterocycles. The van der Waals surface area contributed by atoms with Gasteiger partial charge in [-0.3, -0.25) is 0 Å². The lowest BCUT2D eigenvalue weighted by molar-refractivity contribution is 0.0696. The molecule has 1 N–H and O–H groups in total. The number of fused-ring (bicyclic) bond motifs is 1. The SMILES string of the molecule is COCCn1c(Cc2ccc(-c3cccc(OCc4ccc(C#N)cc4F)n3)c(F)c2)nc2c(F)cc(C(=O)O)cc21. The Balaban J connectivity index is 1.38. The van der Waals surface area contributed by atoms with Crippen molar-refractivity contribution in [3.63, 3.8) is 0 Å². The van der Waals surface area contributed by atoms with Crippen molar-refractivity contribution in [3.05, 3.63) is 112 Å². The number of nitriles is 1. The molecule has 0 aliphatic rings. The van der Waals surface area contributed by atoms with Crippen LogP contribution >= 0.6 is 0 Å². The third kappa shape index (κ3) is 5.94. The first-order valence-corrected chi connectivity index (χ1v) is 12.8. The van der Waals surface area contributed by atoms with Crippen LogP contribution in [-0.2, 0) is 24.3 Å². The number of ether oxygens (including phenoxy) is 2. The molecule has 5 aromatic rings. The Kier molecular flexibility index (Phi) is 8.17. The highest BCUT2D eigenvalue weighted by Crippen LogP contribution is 2.27. The van der Waals surface area contributed by atoms with Crippen molar-refractivity contribution in [2.45, 2.75) is 19.6 Å². The van der Waals surface area contributed by atoms with Crippen molar-refractivity contribution < 1.29 is 32.5 Å². The van der Waals surface area contributed by atoms with E-state index in [0.717, 1.165) is 12.1 Å². The van der Waals surface area contributed by atoms with Gasteiger partial charge in [-0.15, -0.1) is 0 Å². The minimum Gasteiger partial charge on any atom is -0.478 e. The van der Waals surface area contributed by atoms with Crippen LogP contribution in [0.5, 0.6) is 5.88 Å². The van der Waals surface area contributed by atoms with Crippen LogP contribution in [0.1, 0.15) is 32.9 Å². The summed E-state index contributed by atoms with van der Waals surface area (Å²) in [7, 11) is 1.51. The molecular formula is C31H23F3N4O4. The Bertz CT molecular complexity index is 1850. The van der Waals surface area contributed by atoms with Crippen molar-refractivity contribution in [2.24, 2.45) is 0 Å². The number of rotatable bonds is 10. The van der Waals surface area contributed by atoms with Crippen molar-refractivity contribution in [1.82, 2.24) is 14.5 Å². The minimum absolute atomic E-state index is 0.0186. The predicted octanol–water partition coefficient (Wildman–Crippen LogP) is 5.90. The van der Waals surface area contributed by atoms with Crippen molar-refractivity contribution in [1.29, 1.82) is 5.26 Å². The number of benzene rings is 3. The summed E-state index contributed by atoms with van der Waals surface area (Å²) in [6.07, 6.45) is 0.143. The average molecular weight is 573 g/mol. The molecular weight excluding hydrogens is 549 g/mol. The van der Waals surface area contributed by atoms with E-state index in [-0.39, 0.29) is 59.8 Å². The molecule has 0 fully saturated rings. The van der Waals surface area contributed by atoms with Gasteiger partial charge in [-0.2, -0.15) is 5.26 Å². The summed E-state index contributed by atoms with van der Waals surface area (Å²) in [5.41, 5.74) is 1.61. The predicted molar refractivity (Wildman–Crippen MR) is 146 cm³/mol. The molecule has 0 bridgehead atoms. The van der Waals surface area contributed by atoms with Crippen LogP contribution < -0.4 is 4.74 Å². The van der Waals surface area contributed by atoms with E-state index in [2.05, 4.69) is 9.97 Å². The summed E-state index contributed by atoms with van der Waals surface area (Å²) in [4.78, 5) is 20.2. The number of aromatic nitrogens is 3. The Hall–Kier alpha value is -5.21. The van der Waals surface area contributed by atoms with E-state index in [1.165, 1.54) is 31.4 Å². The number of carbonyl (C=O) groups is 1. The van der Waals surface area contributed by atoms with E-state index in [0.29, 0.717) is 22.6 Å². The first-order valence-electron chi connectivity index (χ1n) is 12.8. The number of hydrogen-bond acceptors (Lipinski definition) is 6. The molecule has 0 aliphatic carbocycles. The number of hydrogen-bond donors (Lipinski definition) is 1. The van der Waals surface area contributed by atoms with E-state index in [4.69, 9.17) is 14.7 Å². The molecule has 0 saturated heterocycles. The highest BCUT2D eigenvalue weighted by Gasteiger charge is 2.19. The van der Waals surface area contributed by atoms with Gasteiger partial charge in [0.25, 0.3) is 0 Å². The summed E-state index contributed by atoms with van der Waals surface area (Å²) < 4.78 is 56.7. The molecule has 0 radical (unpaired) electrons. The van der Waals surface area contributed by atoms with E-state index >= 15 is 4.39 Å². The standard InChI is InChI=1S/C31H23F3N4O4/c1-41-10-9-38-27-15-21(31(39)40)14-25(34)30(27)37-28(38)13-18-6-8-22(24(33)11-18)26-3-2-4-29(36-26)42-17-20-7-5-19(16-35)12-23(20)32/h2-8,11-12,14-15H,9-10,13,17H2,1H3,(H,39,40). The molecule has 5 rings (SSSR count). The van der Waals surface area contributed by atoms with Gasteiger partial charge in [0.05, 0.1) is 35.0 Å². The van der Waals surface area contributed by atoms with Crippen LogP contribution in [0.15, 0.2) is 66.7 Å². The Morgan fingerprint density at radius 2 is 1.83 bits per heavy atom. The van der Waals surface area contributed by atoms with Gasteiger partial charge in [-0.05, 0) is 48.0 Å². The molecule has 0 spiro atoms. The highest BCUT2D eigenvalue weighted by molar-refractivity contribution is 5.92. The van der Waals surface area contributed by atoms with E-state index in [9.17, 15) is 18.7 Å². The lowest BCUT2D eigenvalue weighted by atomic mass is 10.1. The Morgan fingerprint density at radius 3 is 2.55 bits per heavy atom. The number of imidazole rings is 1. The number of nitrogens with zero attached hydrogens (tertiary/aromatic N) is 4. The minimum atomic E-state index is -1.26. The first kappa shape index (κ1) is 28.3. The number of aromatic carboxylic acids is 1. The fourth-order valence-corrected chi connectivity index (χ4v) is 4.51. The molecule has 0 unspecified atom stereocenters. The van der Waals surface area contributed by atoms with Gasteiger partial charge >= 0.3 is 5.97 Å². The lowest BCUT2D eigenvalue weighted by Gasteiger charge is -2.11. The molecule has 2 heterocycles. The maximum Gasteiger partial charge on any atom is 0.335 e. The first-order chi connectivity index (χ1) is 20.3. The topological polar surface area (TPSA) is 110 Å². The second kappa shape index (κ2) is 12.1. The molecule has 0 aliphatic heterocycles. The van der Waals surface area contributed by atoms with Crippen LogP contribution in [0.25, 0.3) is 22.3 Å². The fraction of sp³-hybridized carbons (Fsp3) is 0.161. The van der Waals surface area contributed by atoms with Crippen LogP contribution in [0, 0.1) is 28.8 Å². The third-order valence-electron chi connectivity index (χ3n) is 6.61. The summed E-state index contributed by atoms with van der Waals surface area (Å²) in [6, 6.07) is 17.6. The van der Waals surface area contributed by atoms with Crippen molar-refractivity contribution in [2.75, 3.05) is 13.7 Å². The van der Waals surface area contributed by atoms with Gasteiger partial charge in [-0.1, -0.05) is 18.2 Å². The zero-order chi connectivity index (χ0) is 29.8. The van der Waals surface area contributed by atoms with Gasteiger partial charge in [0.15, 0.2) is 5.82 Å². The Labute approximate surface area is 238 Å². The lowest BCUT2D eigenvalue weighted by Crippen LogP contribution is -2.09. The molecule has 42 heavy (non-hydrogen) atoms. The third-order valence-corrected chi connectivity index (χ3v) is 6.61. The zero-order valence-electron chi connectivity index (χ0n) is 22.3. The van der Waals surface area contributed by atoms with Gasteiger partial charge < -0.3 is 19.1 Å². The number of carboxylic acids is 1. The second-order valence-corrected chi connectivity index (χ2v) is 9.36. The van der Waals surface area contributed by atoms with Gasteiger partial charge in [0.2, 0.25) is 5.88 Å². The molecule has 3 aromatic carbocycles. The smallest absolute Gasteiger partial charge is 0.335 e. The van der Waals surface area contributed by atoms with Crippen LogP contribution in [0.4, 0.5) is 13.2 Å². The fourth-order valence-electron chi connectivity index (χ4n) is 4.51.